The summed E-state index contributed by atoms with van der Waals surface area (Å²) in [5.41, 5.74) is 1.47. The second-order valence-corrected chi connectivity index (χ2v) is 8.37. The third-order valence-electron chi connectivity index (χ3n) is 5.10. The topological polar surface area (TPSA) is 87.5 Å². The van der Waals surface area contributed by atoms with E-state index in [9.17, 15) is 9.59 Å². The summed E-state index contributed by atoms with van der Waals surface area (Å²) in [4.78, 5) is 32.1. The summed E-state index contributed by atoms with van der Waals surface area (Å²) in [6.07, 6.45) is 1.44. The maximum atomic E-state index is 12.8. The molecule has 2 aromatic heterocycles. The Morgan fingerprint density at radius 3 is 2.50 bits per heavy atom. The standard InChI is InChI=1S/C22H24N4O3S/c1-14-8-9-18(29-14)21-23-15(2)19(30-21)20(27)24-17-10-12-26(13-11-17)22(28)25-16-6-4-3-5-7-16/h3-9,17H,10-13H2,1-2H3,(H,24,27)(H,25,28). The SMILES string of the molecule is Cc1ccc(-c2nc(C)c(C(=O)NC3CCN(C(=O)Nc4ccccc4)CC3)s2)o1. The Morgan fingerprint density at radius 1 is 1.10 bits per heavy atom. The summed E-state index contributed by atoms with van der Waals surface area (Å²) >= 11 is 1.34. The molecule has 1 saturated heterocycles. The molecule has 1 aromatic carbocycles. The Bertz CT molecular complexity index is 1040. The first kappa shape index (κ1) is 20.2. The molecule has 1 aliphatic rings. The quantitative estimate of drug-likeness (QED) is 0.648. The van der Waals surface area contributed by atoms with Crippen molar-refractivity contribution in [3.8, 4) is 10.8 Å². The second-order valence-electron chi connectivity index (χ2n) is 7.37. The molecule has 0 saturated carbocycles. The van der Waals surface area contributed by atoms with Crippen molar-refractivity contribution in [2.75, 3.05) is 18.4 Å². The number of thiazole rings is 1. The molecule has 0 bridgehead atoms. The van der Waals surface area contributed by atoms with Crippen LogP contribution in [0.15, 0.2) is 46.9 Å². The summed E-state index contributed by atoms with van der Waals surface area (Å²) < 4.78 is 5.62. The number of para-hydroxylation sites is 1. The number of amides is 3. The van der Waals surface area contributed by atoms with Crippen molar-refractivity contribution in [2.24, 2.45) is 0 Å². The smallest absolute Gasteiger partial charge is 0.321 e. The van der Waals surface area contributed by atoms with E-state index in [1.54, 1.807) is 4.90 Å². The van der Waals surface area contributed by atoms with E-state index in [1.807, 2.05) is 56.3 Å². The van der Waals surface area contributed by atoms with Crippen LogP contribution in [0, 0.1) is 13.8 Å². The molecule has 0 aliphatic carbocycles. The predicted molar refractivity (Wildman–Crippen MR) is 117 cm³/mol. The minimum atomic E-state index is -0.119. The monoisotopic (exact) mass is 424 g/mol. The average molecular weight is 425 g/mol. The zero-order valence-electron chi connectivity index (χ0n) is 17.0. The molecular weight excluding hydrogens is 400 g/mol. The van der Waals surface area contributed by atoms with Crippen LogP contribution >= 0.6 is 11.3 Å². The van der Waals surface area contributed by atoms with Gasteiger partial charge in [0, 0.05) is 24.8 Å². The number of carbonyl (C=O) groups excluding carboxylic acids is 2. The fourth-order valence-corrected chi connectivity index (χ4v) is 4.40. The van der Waals surface area contributed by atoms with Crippen LogP contribution in [-0.4, -0.2) is 41.0 Å². The van der Waals surface area contributed by atoms with Crippen molar-refractivity contribution in [3.63, 3.8) is 0 Å². The number of carbonyl (C=O) groups is 2. The van der Waals surface area contributed by atoms with Gasteiger partial charge in [0.15, 0.2) is 10.8 Å². The zero-order chi connectivity index (χ0) is 21.1. The van der Waals surface area contributed by atoms with Gasteiger partial charge in [-0.2, -0.15) is 0 Å². The molecule has 0 radical (unpaired) electrons. The lowest BCUT2D eigenvalue weighted by atomic mass is 10.1. The first-order valence-corrected chi connectivity index (χ1v) is 10.8. The molecule has 0 spiro atoms. The van der Waals surface area contributed by atoms with Gasteiger partial charge in [-0.3, -0.25) is 4.79 Å². The molecule has 1 aliphatic heterocycles. The van der Waals surface area contributed by atoms with Crippen molar-refractivity contribution in [2.45, 2.75) is 32.7 Å². The van der Waals surface area contributed by atoms with Gasteiger partial charge in [0.2, 0.25) is 0 Å². The van der Waals surface area contributed by atoms with E-state index in [4.69, 9.17) is 4.42 Å². The molecule has 3 heterocycles. The number of rotatable bonds is 4. The van der Waals surface area contributed by atoms with Gasteiger partial charge in [-0.05, 0) is 51.0 Å². The van der Waals surface area contributed by atoms with Crippen LogP contribution in [-0.2, 0) is 0 Å². The Morgan fingerprint density at radius 2 is 1.83 bits per heavy atom. The van der Waals surface area contributed by atoms with Crippen LogP contribution in [0.4, 0.5) is 10.5 Å². The van der Waals surface area contributed by atoms with E-state index in [0.29, 0.717) is 34.4 Å². The summed E-state index contributed by atoms with van der Waals surface area (Å²) in [5, 5.41) is 6.71. The number of urea groups is 1. The number of nitrogens with zero attached hydrogens (tertiary/aromatic N) is 2. The molecule has 3 amide bonds. The fraction of sp³-hybridized carbons (Fsp3) is 0.318. The van der Waals surface area contributed by atoms with Gasteiger partial charge >= 0.3 is 6.03 Å². The van der Waals surface area contributed by atoms with Crippen molar-refractivity contribution < 1.29 is 14.0 Å². The van der Waals surface area contributed by atoms with Gasteiger partial charge in [-0.1, -0.05) is 18.2 Å². The number of nitrogens with one attached hydrogen (secondary N) is 2. The van der Waals surface area contributed by atoms with Crippen LogP contribution < -0.4 is 10.6 Å². The summed E-state index contributed by atoms with van der Waals surface area (Å²) in [6.45, 7) is 4.91. The van der Waals surface area contributed by atoms with Crippen LogP contribution in [0.2, 0.25) is 0 Å². The lowest BCUT2D eigenvalue weighted by Crippen LogP contribution is -2.47. The molecule has 0 unspecified atom stereocenters. The number of likely N-dealkylation sites (tertiary alicyclic amines) is 1. The molecular formula is C22H24N4O3S. The number of furan rings is 1. The van der Waals surface area contributed by atoms with E-state index in [2.05, 4.69) is 15.6 Å². The Hall–Kier alpha value is -3.13. The van der Waals surface area contributed by atoms with Crippen molar-refractivity contribution >= 4 is 29.0 Å². The highest BCUT2D eigenvalue weighted by Crippen LogP contribution is 2.29. The van der Waals surface area contributed by atoms with Gasteiger partial charge in [0.1, 0.15) is 10.6 Å². The first-order chi connectivity index (χ1) is 14.5. The maximum Gasteiger partial charge on any atom is 0.321 e. The minimum Gasteiger partial charge on any atom is -0.459 e. The highest BCUT2D eigenvalue weighted by Gasteiger charge is 2.26. The number of aromatic nitrogens is 1. The fourth-order valence-electron chi connectivity index (χ4n) is 3.46. The Balaban J connectivity index is 1.31. The molecule has 7 nitrogen and oxygen atoms in total. The van der Waals surface area contributed by atoms with Gasteiger partial charge in [0.25, 0.3) is 5.91 Å². The Kier molecular flexibility index (Phi) is 5.85. The van der Waals surface area contributed by atoms with Crippen LogP contribution in [0.1, 0.15) is 34.0 Å². The third kappa shape index (κ3) is 4.54. The molecule has 1 fully saturated rings. The lowest BCUT2D eigenvalue weighted by molar-refractivity contribution is 0.0922. The number of hydrogen-bond donors (Lipinski definition) is 2. The summed E-state index contributed by atoms with van der Waals surface area (Å²) in [6, 6.07) is 13.1. The van der Waals surface area contributed by atoms with Crippen molar-refractivity contribution in [3.05, 3.63) is 58.8 Å². The number of benzene rings is 1. The van der Waals surface area contributed by atoms with E-state index >= 15 is 0 Å². The molecule has 30 heavy (non-hydrogen) atoms. The number of piperidine rings is 1. The van der Waals surface area contributed by atoms with Gasteiger partial charge in [0.05, 0.1) is 5.69 Å². The predicted octanol–water partition coefficient (Wildman–Crippen LogP) is 4.45. The number of hydrogen-bond acceptors (Lipinski definition) is 5. The number of aryl methyl sites for hydroxylation is 2. The van der Waals surface area contributed by atoms with E-state index in [-0.39, 0.29) is 18.0 Å². The van der Waals surface area contributed by atoms with Gasteiger partial charge in [-0.25, -0.2) is 9.78 Å². The highest BCUT2D eigenvalue weighted by atomic mass is 32.1. The first-order valence-electron chi connectivity index (χ1n) is 9.95. The van der Waals surface area contributed by atoms with E-state index in [0.717, 1.165) is 24.3 Å². The van der Waals surface area contributed by atoms with E-state index < -0.39 is 0 Å². The van der Waals surface area contributed by atoms with E-state index in [1.165, 1.54) is 11.3 Å². The average Bonchev–Trinajstić information content (AvgIpc) is 3.35. The lowest BCUT2D eigenvalue weighted by Gasteiger charge is -2.32. The minimum absolute atomic E-state index is 0.0362. The molecule has 2 N–H and O–H groups in total. The zero-order valence-corrected chi connectivity index (χ0v) is 17.8. The van der Waals surface area contributed by atoms with Gasteiger partial charge < -0.3 is 20.0 Å². The molecule has 8 heteroatoms. The highest BCUT2D eigenvalue weighted by molar-refractivity contribution is 7.17. The summed E-state index contributed by atoms with van der Waals surface area (Å²) in [7, 11) is 0. The second kappa shape index (κ2) is 8.71. The molecule has 156 valence electrons. The third-order valence-corrected chi connectivity index (χ3v) is 6.27. The van der Waals surface area contributed by atoms with Crippen LogP contribution in [0.5, 0.6) is 0 Å². The molecule has 0 atom stereocenters. The van der Waals surface area contributed by atoms with Crippen molar-refractivity contribution in [1.82, 2.24) is 15.2 Å². The van der Waals surface area contributed by atoms with Crippen LogP contribution in [0.25, 0.3) is 10.8 Å². The molecule has 4 rings (SSSR count). The number of anilines is 1. The van der Waals surface area contributed by atoms with Crippen LogP contribution in [0.3, 0.4) is 0 Å². The van der Waals surface area contributed by atoms with Crippen molar-refractivity contribution in [1.29, 1.82) is 0 Å². The summed E-state index contributed by atoms with van der Waals surface area (Å²) in [5.74, 6) is 1.37. The maximum absolute atomic E-state index is 12.8. The normalized spacial score (nSPS) is 14.5. The van der Waals surface area contributed by atoms with Gasteiger partial charge in [-0.15, -0.1) is 11.3 Å². The molecule has 3 aromatic rings. The largest absolute Gasteiger partial charge is 0.459 e. The Labute approximate surface area is 179 Å².